The smallest absolute Gasteiger partial charge is 0.00204 e. The maximum Gasteiger partial charge on any atom is -0.00204 e. The highest BCUT2D eigenvalue weighted by atomic mass is 14.3. The molecule has 7 aromatic carbocycles. The predicted octanol–water partition coefficient (Wildman–Crippen LogP) is 13.0. The summed E-state index contributed by atoms with van der Waals surface area (Å²) >= 11 is 0. The Morgan fingerprint density at radius 3 is 0.783 bits per heavy atom. The highest BCUT2D eigenvalue weighted by Gasteiger charge is 2.24. The van der Waals surface area contributed by atoms with Gasteiger partial charge in [0, 0.05) is 0 Å². The van der Waals surface area contributed by atoms with Crippen LogP contribution in [-0.4, -0.2) is 0 Å². The van der Waals surface area contributed by atoms with Gasteiger partial charge in [0.1, 0.15) is 0 Å². The minimum Gasteiger partial charge on any atom is -0.0616 e. The zero-order valence-electron chi connectivity index (χ0n) is 28.5. The molecule has 0 atom stereocenters. The molecule has 0 fully saturated rings. The van der Waals surface area contributed by atoms with Gasteiger partial charge in [0.25, 0.3) is 0 Å². The molecule has 0 heteroatoms. The third kappa shape index (κ3) is 4.91. The molecule has 0 aliphatic heterocycles. The van der Waals surface area contributed by atoms with Crippen LogP contribution in [0.2, 0.25) is 0 Å². The summed E-state index contributed by atoms with van der Waals surface area (Å²) in [5.74, 6) is 0. The van der Waals surface area contributed by atoms with Crippen molar-refractivity contribution in [2.24, 2.45) is 0 Å². The molecule has 0 radical (unpaired) electrons. The van der Waals surface area contributed by atoms with E-state index in [0.29, 0.717) is 0 Å². The number of fused-ring (bicyclic) bond motifs is 4. The second kappa shape index (κ2) is 12.4. The molecule has 0 N–H and O–H groups in total. The third-order valence-electron chi connectivity index (χ3n) is 10.4. The van der Waals surface area contributed by atoms with E-state index >= 15 is 0 Å². The molecular formula is C46H46. The van der Waals surface area contributed by atoms with Crippen LogP contribution in [0, 0.1) is 0 Å². The summed E-state index contributed by atoms with van der Waals surface area (Å²) < 4.78 is 0. The topological polar surface area (TPSA) is 0 Å². The van der Waals surface area contributed by atoms with Crippen molar-refractivity contribution in [1.82, 2.24) is 0 Å². The van der Waals surface area contributed by atoms with Gasteiger partial charge < -0.3 is 0 Å². The SMILES string of the molecule is CCc1cc(CC)c(-c2c3cc4ccccc4cc3c(-c3c(CC)cc(CC)cc3CC)c3cc4ccccc4cc23)c(CC)c1. The molecule has 0 nitrogen and oxygen atoms in total. The molecule has 0 aromatic heterocycles. The van der Waals surface area contributed by atoms with Crippen molar-refractivity contribution in [2.75, 3.05) is 0 Å². The number of hydrogen-bond acceptors (Lipinski definition) is 0. The van der Waals surface area contributed by atoms with Crippen LogP contribution in [0.4, 0.5) is 0 Å². The van der Waals surface area contributed by atoms with Gasteiger partial charge in [-0.25, -0.2) is 0 Å². The van der Waals surface area contributed by atoms with E-state index in [-0.39, 0.29) is 0 Å². The number of hydrogen-bond donors (Lipinski definition) is 0. The van der Waals surface area contributed by atoms with Gasteiger partial charge in [-0.15, -0.1) is 0 Å². The Labute approximate surface area is 275 Å². The summed E-state index contributed by atoms with van der Waals surface area (Å²) in [6.45, 7) is 13.9. The van der Waals surface area contributed by atoms with Gasteiger partial charge in [0.2, 0.25) is 0 Å². The molecule has 0 spiro atoms. The number of aryl methyl sites for hydroxylation is 6. The quantitative estimate of drug-likeness (QED) is 0.153. The number of benzene rings is 7. The zero-order valence-corrected chi connectivity index (χ0v) is 28.5. The van der Waals surface area contributed by atoms with E-state index in [1.165, 1.54) is 98.7 Å². The average Bonchev–Trinajstić information content (AvgIpc) is 3.11. The van der Waals surface area contributed by atoms with E-state index in [1.807, 2.05) is 0 Å². The van der Waals surface area contributed by atoms with Gasteiger partial charge in [0.05, 0.1) is 0 Å². The monoisotopic (exact) mass is 598 g/mol. The first-order valence-corrected chi connectivity index (χ1v) is 17.6. The molecule has 0 unspecified atom stereocenters. The summed E-state index contributed by atoms with van der Waals surface area (Å²) in [7, 11) is 0. The first kappa shape index (κ1) is 30.2. The minimum absolute atomic E-state index is 1.01. The molecule has 0 heterocycles. The Bertz CT molecular complexity index is 1950. The first-order chi connectivity index (χ1) is 22.5. The lowest BCUT2D eigenvalue weighted by molar-refractivity contribution is 1.05. The lowest BCUT2D eigenvalue weighted by Gasteiger charge is -2.25. The fourth-order valence-corrected chi connectivity index (χ4v) is 7.98. The van der Waals surface area contributed by atoms with Gasteiger partial charge in [-0.05, 0) is 162 Å². The minimum atomic E-state index is 1.01. The Morgan fingerprint density at radius 2 is 0.565 bits per heavy atom. The average molecular weight is 599 g/mol. The fraction of sp³-hybridized carbons (Fsp3) is 0.261. The summed E-state index contributed by atoms with van der Waals surface area (Å²) in [5, 5.41) is 10.7. The second-order valence-corrected chi connectivity index (χ2v) is 12.9. The van der Waals surface area contributed by atoms with E-state index in [4.69, 9.17) is 0 Å². The predicted molar refractivity (Wildman–Crippen MR) is 204 cm³/mol. The third-order valence-corrected chi connectivity index (χ3v) is 10.4. The molecule has 0 saturated heterocycles. The second-order valence-electron chi connectivity index (χ2n) is 12.9. The van der Waals surface area contributed by atoms with Crippen LogP contribution in [-0.2, 0) is 38.5 Å². The van der Waals surface area contributed by atoms with Gasteiger partial charge in [-0.1, -0.05) is 114 Å². The highest BCUT2D eigenvalue weighted by molar-refractivity contribution is 6.26. The van der Waals surface area contributed by atoms with Crippen molar-refractivity contribution in [3.8, 4) is 22.3 Å². The molecule has 0 aliphatic carbocycles. The van der Waals surface area contributed by atoms with E-state index < -0.39 is 0 Å². The van der Waals surface area contributed by atoms with Crippen molar-refractivity contribution in [1.29, 1.82) is 0 Å². The van der Waals surface area contributed by atoms with E-state index in [1.54, 1.807) is 0 Å². The maximum atomic E-state index is 2.50. The lowest BCUT2D eigenvalue weighted by Crippen LogP contribution is -2.02. The molecule has 0 aliphatic rings. The molecule has 230 valence electrons. The van der Waals surface area contributed by atoms with Gasteiger partial charge in [0.15, 0.2) is 0 Å². The molecule has 7 rings (SSSR count). The summed E-state index contributed by atoms with van der Waals surface area (Å²) in [6.07, 6.45) is 6.18. The van der Waals surface area contributed by atoms with E-state index in [0.717, 1.165) is 38.5 Å². The zero-order chi connectivity index (χ0) is 31.9. The Morgan fingerprint density at radius 1 is 0.304 bits per heavy atom. The van der Waals surface area contributed by atoms with Crippen LogP contribution in [0.5, 0.6) is 0 Å². The Kier molecular flexibility index (Phi) is 8.16. The molecular weight excluding hydrogens is 553 g/mol. The van der Waals surface area contributed by atoms with Crippen molar-refractivity contribution in [3.63, 3.8) is 0 Å². The molecule has 46 heavy (non-hydrogen) atoms. The van der Waals surface area contributed by atoms with Crippen LogP contribution in [0.3, 0.4) is 0 Å². The standard InChI is InChI=1S/C46H46/c1-7-29-21-31(9-3)43(32(10-4)22-29)45-39-25-35-17-13-15-19-37(35)27-41(39)46(42-28-38-20-16-14-18-36(38)26-40(42)45)44-33(11-5)23-30(8-2)24-34(44)12-6/h13-28H,7-12H2,1-6H3. The van der Waals surface area contributed by atoms with Crippen LogP contribution in [0.25, 0.3) is 65.3 Å². The molecule has 7 aromatic rings. The largest absolute Gasteiger partial charge is 0.0616 e. The molecule has 0 bridgehead atoms. The fourth-order valence-electron chi connectivity index (χ4n) is 7.98. The Balaban J connectivity index is 1.80. The van der Waals surface area contributed by atoms with Crippen molar-refractivity contribution in [3.05, 3.63) is 130 Å². The summed E-state index contributed by atoms with van der Waals surface area (Å²) in [6, 6.07) is 37.8. The number of rotatable bonds is 8. The van der Waals surface area contributed by atoms with Crippen LogP contribution in [0.1, 0.15) is 74.9 Å². The highest BCUT2D eigenvalue weighted by Crippen LogP contribution is 2.49. The van der Waals surface area contributed by atoms with Crippen molar-refractivity contribution in [2.45, 2.75) is 80.1 Å². The normalized spacial score (nSPS) is 11.8. The van der Waals surface area contributed by atoms with Gasteiger partial charge in [-0.3, -0.25) is 0 Å². The van der Waals surface area contributed by atoms with E-state index in [2.05, 4.69) is 139 Å². The van der Waals surface area contributed by atoms with Crippen molar-refractivity contribution >= 4 is 43.1 Å². The lowest BCUT2D eigenvalue weighted by atomic mass is 9.78. The maximum absolute atomic E-state index is 2.50. The van der Waals surface area contributed by atoms with Crippen LogP contribution in [0.15, 0.2) is 97.1 Å². The van der Waals surface area contributed by atoms with Gasteiger partial charge >= 0.3 is 0 Å². The van der Waals surface area contributed by atoms with Crippen LogP contribution < -0.4 is 0 Å². The van der Waals surface area contributed by atoms with Crippen molar-refractivity contribution < 1.29 is 0 Å². The summed E-state index contributed by atoms with van der Waals surface area (Å²) in [5.41, 5.74) is 14.4. The molecule has 0 saturated carbocycles. The van der Waals surface area contributed by atoms with Crippen LogP contribution >= 0.6 is 0 Å². The van der Waals surface area contributed by atoms with Gasteiger partial charge in [-0.2, -0.15) is 0 Å². The first-order valence-electron chi connectivity index (χ1n) is 17.6. The Hall–Kier alpha value is -4.42. The molecule has 0 amide bonds. The van der Waals surface area contributed by atoms with E-state index in [9.17, 15) is 0 Å². The summed E-state index contributed by atoms with van der Waals surface area (Å²) in [4.78, 5) is 0.